The fourth-order valence-electron chi connectivity index (χ4n) is 4.76. The molecule has 180 valence electrons. The minimum atomic E-state index is 0.922. The Morgan fingerprint density at radius 1 is 0.500 bits per heavy atom. The van der Waals surface area contributed by atoms with Gasteiger partial charge in [0.1, 0.15) is 0 Å². The molecule has 1 fully saturated rings. The van der Waals surface area contributed by atoms with Gasteiger partial charge in [0.2, 0.25) is 0 Å². The summed E-state index contributed by atoms with van der Waals surface area (Å²) in [6.07, 6.45) is 26.2. The lowest BCUT2D eigenvalue weighted by Crippen LogP contribution is -2.30. The van der Waals surface area contributed by atoms with E-state index in [0.717, 1.165) is 22.3 Å². The van der Waals surface area contributed by atoms with E-state index in [1.165, 1.54) is 127 Å². The van der Waals surface area contributed by atoms with Crippen LogP contribution in [0.5, 0.6) is 0 Å². The monoisotopic (exact) mass is 456 g/mol. The average molecular weight is 457 g/mol. The summed E-state index contributed by atoms with van der Waals surface area (Å²) in [7, 11) is 0. The van der Waals surface area contributed by atoms with Crippen LogP contribution in [0.15, 0.2) is 0 Å². The maximum absolute atomic E-state index is 2.53. The Kier molecular flexibility index (Phi) is 19.5. The first-order valence-electron chi connectivity index (χ1n) is 13.9. The molecule has 1 heterocycles. The summed E-state index contributed by atoms with van der Waals surface area (Å²) >= 11 is 4.64. The van der Waals surface area contributed by atoms with Crippen LogP contribution >= 0.6 is 23.5 Å². The molecule has 0 aromatic carbocycles. The predicted molar refractivity (Wildman–Crippen MR) is 145 cm³/mol. The van der Waals surface area contributed by atoms with Gasteiger partial charge in [0.15, 0.2) is 0 Å². The molecular formula is C28H56S2. The van der Waals surface area contributed by atoms with Gasteiger partial charge in [-0.2, -0.15) is 23.5 Å². The molecule has 2 heteroatoms. The quantitative estimate of drug-likeness (QED) is 0.167. The highest BCUT2D eigenvalue weighted by molar-refractivity contribution is 8.07. The smallest absolute Gasteiger partial charge is 0.0164 e. The van der Waals surface area contributed by atoms with E-state index in [2.05, 4.69) is 51.2 Å². The first kappa shape index (κ1) is 28.7. The van der Waals surface area contributed by atoms with E-state index >= 15 is 0 Å². The first-order chi connectivity index (χ1) is 14.7. The second-order valence-corrected chi connectivity index (χ2v) is 12.8. The second kappa shape index (κ2) is 20.3. The number of hydrogen-bond donors (Lipinski definition) is 0. The Labute approximate surface area is 200 Å². The molecule has 0 N–H and O–H groups in total. The molecule has 1 aliphatic rings. The van der Waals surface area contributed by atoms with E-state index in [9.17, 15) is 0 Å². The SMILES string of the molecule is CCCCCCCCCCC(C)C1CSC(C(C)CCCCCCCCCC)CS1. The van der Waals surface area contributed by atoms with Crippen molar-refractivity contribution in [1.29, 1.82) is 0 Å². The van der Waals surface area contributed by atoms with Crippen molar-refractivity contribution < 1.29 is 0 Å². The molecule has 30 heavy (non-hydrogen) atoms. The van der Waals surface area contributed by atoms with Gasteiger partial charge in [0, 0.05) is 22.0 Å². The molecule has 0 saturated carbocycles. The van der Waals surface area contributed by atoms with Crippen LogP contribution in [0.1, 0.15) is 143 Å². The van der Waals surface area contributed by atoms with Crippen LogP contribution in [-0.4, -0.2) is 22.0 Å². The highest BCUT2D eigenvalue weighted by atomic mass is 32.2. The number of thioether (sulfide) groups is 2. The molecule has 1 rings (SSSR count). The van der Waals surface area contributed by atoms with E-state index in [0.29, 0.717) is 0 Å². The van der Waals surface area contributed by atoms with Gasteiger partial charge in [-0.3, -0.25) is 0 Å². The van der Waals surface area contributed by atoms with Crippen molar-refractivity contribution in [3.63, 3.8) is 0 Å². The fraction of sp³-hybridized carbons (Fsp3) is 1.00. The highest BCUT2D eigenvalue weighted by Gasteiger charge is 2.28. The number of hydrogen-bond acceptors (Lipinski definition) is 2. The second-order valence-electron chi connectivity index (χ2n) is 10.2. The minimum absolute atomic E-state index is 0.922. The van der Waals surface area contributed by atoms with Crippen molar-refractivity contribution in [2.45, 2.75) is 154 Å². The lowest BCUT2D eigenvalue weighted by Gasteiger charge is -2.34. The molecule has 0 aromatic rings. The van der Waals surface area contributed by atoms with Gasteiger partial charge in [-0.05, 0) is 24.7 Å². The van der Waals surface area contributed by atoms with Crippen molar-refractivity contribution in [2.24, 2.45) is 11.8 Å². The molecular weight excluding hydrogens is 400 g/mol. The molecule has 0 amide bonds. The Morgan fingerprint density at radius 3 is 1.10 bits per heavy atom. The van der Waals surface area contributed by atoms with Crippen molar-refractivity contribution in [2.75, 3.05) is 11.5 Å². The van der Waals surface area contributed by atoms with Crippen LogP contribution < -0.4 is 0 Å². The Bertz CT molecular complexity index is 315. The van der Waals surface area contributed by atoms with Gasteiger partial charge in [0.25, 0.3) is 0 Å². The Hall–Kier alpha value is 0.700. The van der Waals surface area contributed by atoms with E-state index in [1.54, 1.807) is 0 Å². The summed E-state index contributed by atoms with van der Waals surface area (Å²) in [4.78, 5) is 0. The lowest BCUT2D eigenvalue weighted by molar-refractivity contribution is 0.467. The van der Waals surface area contributed by atoms with E-state index in [-0.39, 0.29) is 0 Å². The van der Waals surface area contributed by atoms with Crippen LogP contribution in [-0.2, 0) is 0 Å². The van der Waals surface area contributed by atoms with Crippen LogP contribution in [0.25, 0.3) is 0 Å². The standard InChI is InChI=1S/C28H56S2/c1-5-7-9-11-13-15-17-19-21-25(3)27-23-30-28(24-29-27)26(4)22-20-18-16-14-12-10-8-6-2/h25-28H,5-24H2,1-4H3. The van der Waals surface area contributed by atoms with E-state index in [4.69, 9.17) is 0 Å². The highest BCUT2D eigenvalue weighted by Crippen LogP contribution is 2.39. The molecule has 0 spiro atoms. The van der Waals surface area contributed by atoms with Crippen molar-refractivity contribution in [1.82, 2.24) is 0 Å². The fourth-order valence-corrected chi connectivity index (χ4v) is 8.46. The zero-order valence-corrected chi connectivity index (χ0v) is 22.9. The Morgan fingerprint density at radius 2 is 0.800 bits per heavy atom. The van der Waals surface area contributed by atoms with Gasteiger partial charge in [-0.15, -0.1) is 0 Å². The summed E-state index contributed by atoms with van der Waals surface area (Å²) in [6.45, 7) is 9.68. The summed E-state index contributed by atoms with van der Waals surface area (Å²) < 4.78 is 0. The summed E-state index contributed by atoms with van der Waals surface area (Å²) in [5.74, 6) is 4.67. The zero-order valence-electron chi connectivity index (χ0n) is 21.3. The third-order valence-electron chi connectivity index (χ3n) is 7.24. The van der Waals surface area contributed by atoms with Crippen LogP contribution in [0.2, 0.25) is 0 Å². The van der Waals surface area contributed by atoms with Crippen LogP contribution in [0.3, 0.4) is 0 Å². The van der Waals surface area contributed by atoms with Gasteiger partial charge in [-0.25, -0.2) is 0 Å². The third kappa shape index (κ3) is 14.7. The molecule has 1 aliphatic heterocycles. The summed E-state index contributed by atoms with van der Waals surface area (Å²) in [5, 5.41) is 1.84. The summed E-state index contributed by atoms with van der Waals surface area (Å²) in [6, 6.07) is 0. The normalized spacial score (nSPS) is 21.6. The third-order valence-corrected chi connectivity index (χ3v) is 10.9. The average Bonchev–Trinajstić information content (AvgIpc) is 2.77. The maximum atomic E-state index is 2.53. The molecule has 0 bridgehead atoms. The van der Waals surface area contributed by atoms with Crippen molar-refractivity contribution >= 4 is 23.5 Å². The molecule has 4 unspecified atom stereocenters. The van der Waals surface area contributed by atoms with E-state index < -0.39 is 0 Å². The number of rotatable bonds is 20. The van der Waals surface area contributed by atoms with Crippen LogP contribution in [0.4, 0.5) is 0 Å². The number of unbranched alkanes of at least 4 members (excludes halogenated alkanes) is 14. The molecule has 1 saturated heterocycles. The van der Waals surface area contributed by atoms with Crippen molar-refractivity contribution in [3.8, 4) is 0 Å². The zero-order chi connectivity index (χ0) is 21.9. The minimum Gasteiger partial charge on any atom is -0.156 e. The van der Waals surface area contributed by atoms with Gasteiger partial charge >= 0.3 is 0 Å². The molecule has 0 aromatic heterocycles. The molecule has 0 nitrogen and oxygen atoms in total. The van der Waals surface area contributed by atoms with Crippen molar-refractivity contribution in [3.05, 3.63) is 0 Å². The maximum Gasteiger partial charge on any atom is 0.0164 e. The first-order valence-corrected chi connectivity index (χ1v) is 16.0. The molecule has 0 radical (unpaired) electrons. The van der Waals surface area contributed by atoms with Gasteiger partial charge < -0.3 is 0 Å². The predicted octanol–water partition coefficient (Wildman–Crippen LogP) is 10.5. The lowest BCUT2D eigenvalue weighted by atomic mass is 9.98. The molecule has 0 aliphatic carbocycles. The summed E-state index contributed by atoms with van der Waals surface area (Å²) in [5.41, 5.74) is 0. The van der Waals surface area contributed by atoms with E-state index in [1.807, 2.05) is 0 Å². The molecule has 4 atom stereocenters. The van der Waals surface area contributed by atoms with Crippen LogP contribution in [0, 0.1) is 11.8 Å². The largest absolute Gasteiger partial charge is 0.156 e. The Balaban J connectivity index is 1.99. The topological polar surface area (TPSA) is 0 Å². The van der Waals surface area contributed by atoms with Gasteiger partial charge in [0.05, 0.1) is 0 Å². The van der Waals surface area contributed by atoms with Gasteiger partial charge in [-0.1, -0.05) is 130 Å².